The quantitative estimate of drug-likeness (QED) is 0.358. The van der Waals surface area contributed by atoms with Gasteiger partial charge in [0.05, 0.1) is 5.52 Å². The summed E-state index contributed by atoms with van der Waals surface area (Å²) >= 11 is 0. The Bertz CT molecular complexity index is 1590. The molecule has 2 aromatic carbocycles. The topological polar surface area (TPSA) is 164 Å². The number of hydrogen-bond donors (Lipinski definition) is 4. The number of amides is 3. The summed E-state index contributed by atoms with van der Waals surface area (Å²) in [6.45, 7) is 0.782. The number of carbonyl (C=O) groups excluding carboxylic acids is 3. The molecule has 0 saturated heterocycles. The van der Waals surface area contributed by atoms with E-state index < -0.39 is 23.5 Å². The van der Waals surface area contributed by atoms with Crippen molar-refractivity contribution in [2.45, 2.75) is 13.1 Å². The number of hydrogen-bond acceptors (Lipinski definition) is 8. The van der Waals surface area contributed by atoms with Crippen LogP contribution in [0.1, 0.15) is 21.5 Å². The monoisotopic (exact) mass is 501 g/mol. The first-order valence-electron chi connectivity index (χ1n) is 11.4. The van der Waals surface area contributed by atoms with Gasteiger partial charge in [-0.1, -0.05) is 18.2 Å². The molecule has 2 aliphatic rings. The highest BCUT2D eigenvalue weighted by atomic mass is 16.4. The van der Waals surface area contributed by atoms with Crippen LogP contribution in [0.15, 0.2) is 80.3 Å². The van der Waals surface area contributed by atoms with Gasteiger partial charge < -0.3 is 20.8 Å². The van der Waals surface area contributed by atoms with Crippen molar-refractivity contribution >= 4 is 34.5 Å². The van der Waals surface area contributed by atoms with Crippen molar-refractivity contribution < 1.29 is 18.8 Å². The fourth-order valence-corrected chi connectivity index (χ4v) is 4.00. The van der Waals surface area contributed by atoms with Crippen molar-refractivity contribution in [3.8, 4) is 0 Å². The number of hydrazine groups is 1. The van der Waals surface area contributed by atoms with E-state index in [-0.39, 0.29) is 24.5 Å². The van der Waals surface area contributed by atoms with E-state index >= 15 is 0 Å². The van der Waals surface area contributed by atoms with Crippen molar-refractivity contribution in [3.63, 3.8) is 0 Å². The van der Waals surface area contributed by atoms with Gasteiger partial charge in [0.25, 0.3) is 11.8 Å². The number of nitrogens with zero attached hydrogens (tertiary/aromatic N) is 3. The van der Waals surface area contributed by atoms with E-state index in [1.54, 1.807) is 55.6 Å². The number of fused-ring (bicyclic) bond motifs is 2. The minimum atomic E-state index is -0.556. The number of aromatic nitrogens is 1. The van der Waals surface area contributed by atoms with E-state index in [0.717, 1.165) is 5.56 Å². The summed E-state index contributed by atoms with van der Waals surface area (Å²) in [6.07, 6.45) is 3.17. The van der Waals surface area contributed by atoms with Crippen LogP contribution in [-0.2, 0) is 29.7 Å². The van der Waals surface area contributed by atoms with Gasteiger partial charge in [-0.2, -0.15) is 0 Å². The van der Waals surface area contributed by atoms with Crippen molar-refractivity contribution in [1.82, 2.24) is 25.6 Å². The van der Waals surface area contributed by atoms with Crippen LogP contribution < -0.4 is 27.5 Å². The molecule has 0 unspecified atom stereocenters. The third kappa shape index (κ3) is 4.77. The third-order valence-corrected chi connectivity index (χ3v) is 5.95. The lowest BCUT2D eigenvalue weighted by Crippen LogP contribution is -2.42. The molecule has 3 heterocycles. The molecule has 0 bridgehead atoms. The molecule has 0 spiro atoms. The maximum Gasteiger partial charge on any atom is 0.419 e. The number of oxazole rings is 1. The molecule has 0 atom stereocenters. The Balaban J connectivity index is 1.29. The van der Waals surface area contributed by atoms with Crippen LogP contribution in [0.4, 0.5) is 0 Å². The average molecular weight is 502 g/mol. The molecule has 0 aliphatic carbocycles. The molecular formula is C25H23N7O5. The summed E-state index contributed by atoms with van der Waals surface area (Å²) in [5, 5.41) is 7.11. The first kappa shape index (κ1) is 23.8. The summed E-state index contributed by atoms with van der Waals surface area (Å²) in [6, 6.07) is 11.8. The lowest BCUT2D eigenvalue weighted by atomic mass is 10.1. The Kier molecular flexibility index (Phi) is 6.15. The zero-order chi connectivity index (χ0) is 26.1. The van der Waals surface area contributed by atoms with Gasteiger partial charge in [-0.25, -0.2) is 15.2 Å². The summed E-state index contributed by atoms with van der Waals surface area (Å²) in [5.41, 5.74) is 11.5. The Morgan fingerprint density at radius 3 is 2.62 bits per heavy atom. The highest BCUT2D eigenvalue weighted by Crippen LogP contribution is 2.21. The number of nitrogens with two attached hydrogens (primary N) is 1. The van der Waals surface area contributed by atoms with Gasteiger partial charge in [-0.15, -0.1) is 0 Å². The van der Waals surface area contributed by atoms with Crippen molar-refractivity contribution in [2.75, 3.05) is 6.54 Å². The maximum atomic E-state index is 13.0. The summed E-state index contributed by atoms with van der Waals surface area (Å²) < 4.78 is 6.52. The average Bonchev–Trinajstić information content (AvgIpc) is 3.49. The fraction of sp³-hybridized carbons (Fsp3) is 0.160. The van der Waals surface area contributed by atoms with E-state index in [1.165, 1.54) is 15.7 Å². The van der Waals surface area contributed by atoms with Crippen LogP contribution in [0.2, 0.25) is 0 Å². The molecule has 188 valence electrons. The Hall–Kier alpha value is -4.97. The van der Waals surface area contributed by atoms with Crippen LogP contribution in [0.25, 0.3) is 11.1 Å². The van der Waals surface area contributed by atoms with Gasteiger partial charge in [0.1, 0.15) is 17.2 Å². The normalized spacial score (nSPS) is 14.5. The summed E-state index contributed by atoms with van der Waals surface area (Å²) in [5.74, 6) is -1.49. The zero-order valence-electron chi connectivity index (χ0n) is 19.8. The SMILES string of the molecule is Cn1c(=O)oc2ccc(CNC(=O)C3=NC4=CCNN4C(C(=O)NCc4cccc(C(N)=O)c4)=C3)cc21. The highest BCUT2D eigenvalue weighted by molar-refractivity contribution is 6.44. The smallest absolute Gasteiger partial charge is 0.408 e. The van der Waals surface area contributed by atoms with Crippen LogP contribution >= 0.6 is 0 Å². The van der Waals surface area contributed by atoms with Crippen molar-refractivity contribution in [3.05, 3.63) is 93.4 Å². The number of primary amides is 1. The highest BCUT2D eigenvalue weighted by Gasteiger charge is 2.30. The molecule has 5 rings (SSSR count). The Morgan fingerprint density at radius 2 is 1.84 bits per heavy atom. The fourth-order valence-electron chi connectivity index (χ4n) is 4.00. The van der Waals surface area contributed by atoms with E-state index in [4.69, 9.17) is 10.2 Å². The first-order chi connectivity index (χ1) is 17.8. The largest absolute Gasteiger partial charge is 0.419 e. The molecule has 0 saturated carbocycles. The first-order valence-corrected chi connectivity index (χ1v) is 11.4. The molecule has 0 radical (unpaired) electrons. The predicted molar refractivity (Wildman–Crippen MR) is 134 cm³/mol. The van der Waals surface area contributed by atoms with Crippen LogP contribution in [0, 0.1) is 0 Å². The predicted octanol–water partition coefficient (Wildman–Crippen LogP) is 0.163. The molecule has 3 amide bonds. The Morgan fingerprint density at radius 1 is 1.08 bits per heavy atom. The van der Waals surface area contributed by atoms with E-state index in [1.807, 2.05) is 0 Å². The second kappa shape index (κ2) is 9.59. The van der Waals surface area contributed by atoms with E-state index in [0.29, 0.717) is 34.6 Å². The number of aryl methyl sites for hydroxylation is 1. The molecule has 37 heavy (non-hydrogen) atoms. The van der Waals surface area contributed by atoms with Crippen LogP contribution in [0.5, 0.6) is 0 Å². The molecule has 3 aromatic rings. The van der Waals surface area contributed by atoms with Gasteiger partial charge in [0.15, 0.2) is 5.58 Å². The molecule has 5 N–H and O–H groups in total. The molecule has 2 aliphatic heterocycles. The molecule has 12 heteroatoms. The lowest BCUT2D eigenvalue weighted by Gasteiger charge is -2.26. The van der Waals surface area contributed by atoms with Gasteiger partial charge in [-0.05, 0) is 41.5 Å². The molecule has 0 fully saturated rings. The molecule has 1 aromatic heterocycles. The summed E-state index contributed by atoms with van der Waals surface area (Å²) in [7, 11) is 1.61. The van der Waals surface area contributed by atoms with Gasteiger partial charge >= 0.3 is 5.76 Å². The van der Waals surface area contributed by atoms with Crippen molar-refractivity contribution in [2.24, 2.45) is 17.8 Å². The number of aliphatic imine (C=N–C) groups is 1. The minimum Gasteiger partial charge on any atom is -0.408 e. The van der Waals surface area contributed by atoms with Crippen LogP contribution in [-0.4, -0.2) is 39.6 Å². The second-order valence-electron chi connectivity index (χ2n) is 8.45. The van der Waals surface area contributed by atoms with Gasteiger partial charge in [0, 0.05) is 38.3 Å². The number of carbonyl (C=O) groups is 3. The van der Waals surface area contributed by atoms with Gasteiger partial charge in [0.2, 0.25) is 5.91 Å². The van der Waals surface area contributed by atoms with E-state index in [2.05, 4.69) is 21.1 Å². The zero-order valence-corrected chi connectivity index (χ0v) is 19.8. The standard InChI is InChI=1S/C25H23N7O5/c1-31-18-10-15(5-6-20(18)37-25(31)36)13-27-23(34)17-11-19(32-21(30-17)7-8-29-32)24(35)28-12-14-3-2-4-16(9-14)22(26)33/h2-7,9-11,29H,8,12-13H2,1H3,(H2,26,33)(H,27,34)(H,28,35). The second-order valence-corrected chi connectivity index (χ2v) is 8.45. The summed E-state index contributed by atoms with van der Waals surface area (Å²) in [4.78, 5) is 53.5. The van der Waals surface area contributed by atoms with Crippen molar-refractivity contribution in [1.29, 1.82) is 0 Å². The Labute approximate surface area is 210 Å². The number of rotatable bonds is 7. The van der Waals surface area contributed by atoms with Gasteiger partial charge in [-0.3, -0.25) is 24.0 Å². The maximum absolute atomic E-state index is 13.0. The number of nitrogens with one attached hydrogen (secondary N) is 3. The molecular weight excluding hydrogens is 478 g/mol. The lowest BCUT2D eigenvalue weighted by molar-refractivity contribution is -0.119. The number of benzene rings is 2. The van der Waals surface area contributed by atoms with Crippen LogP contribution in [0.3, 0.4) is 0 Å². The van der Waals surface area contributed by atoms with E-state index in [9.17, 15) is 19.2 Å². The third-order valence-electron chi connectivity index (χ3n) is 5.95. The molecule has 12 nitrogen and oxygen atoms in total. The minimum absolute atomic E-state index is 0.0730.